The lowest BCUT2D eigenvalue weighted by atomic mass is 10.0. The Morgan fingerprint density at radius 1 is 1.13 bits per heavy atom. The lowest BCUT2D eigenvalue weighted by molar-refractivity contribution is -0.137. The van der Waals surface area contributed by atoms with Crippen LogP contribution in [0.15, 0.2) is 18.2 Å². The number of hydrogen-bond donors (Lipinski definition) is 4. The van der Waals surface area contributed by atoms with E-state index in [1.165, 1.54) is 0 Å². The van der Waals surface area contributed by atoms with Crippen LogP contribution >= 0.6 is 0 Å². The van der Waals surface area contributed by atoms with Gasteiger partial charge < -0.3 is 25.5 Å². The van der Waals surface area contributed by atoms with Crippen LogP contribution in [0.5, 0.6) is 0 Å². The molecule has 3 aliphatic heterocycles. The molecule has 9 heteroatoms. The van der Waals surface area contributed by atoms with Gasteiger partial charge in [0.2, 0.25) is 5.91 Å². The number of nitrogens with zero attached hydrogens (tertiary/aromatic N) is 3. The molecule has 3 aliphatic rings. The van der Waals surface area contributed by atoms with E-state index in [0.29, 0.717) is 19.4 Å². The zero-order chi connectivity index (χ0) is 22.0. The lowest BCUT2D eigenvalue weighted by Crippen LogP contribution is -2.54. The second-order valence-electron chi connectivity index (χ2n) is 8.73. The monoisotopic (exact) mass is 432 g/mol. The van der Waals surface area contributed by atoms with E-state index >= 15 is 0 Å². The number of aliphatic hydroxyl groups excluding tert-OH is 2. The molecule has 0 spiro atoms. The number of amides is 1. The van der Waals surface area contributed by atoms with Crippen LogP contribution in [-0.2, 0) is 16.1 Å². The predicted octanol–water partition coefficient (Wildman–Crippen LogP) is 0.467. The van der Waals surface area contributed by atoms with Crippen molar-refractivity contribution in [3.05, 3.63) is 29.3 Å². The molecule has 0 aliphatic carbocycles. The number of hydrogen-bond acceptors (Lipinski definition) is 7. The van der Waals surface area contributed by atoms with E-state index in [9.17, 15) is 19.8 Å². The number of aliphatic carboxylic acids is 1. The molecule has 1 aromatic carbocycles. The van der Waals surface area contributed by atoms with E-state index < -0.39 is 18.4 Å². The molecule has 0 aromatic heterocycles. The standard InChI is InChI=1S/C22H32N4O5/c27-19-7-6-18(21(30)23-19)26-14-15-13-16(4-5-17(15)22(26)31)25-11-9-24(10-12-25)8-2-1-3-20(28)29/h4-5,13,18,21-22,30-31H,1-3,6-12,14H2,(H,23,27)(H,28,29)/t18-,21?,22?/m0/s1. The maximum absolute atomic E-state index is 11.5. The van der Waals surface area contributed by atoms with Gasteiger partial charge in [0.15, 0.2) is 0 Å². The van der Waals surface area contributed by atoms with Crippen molar-refractivity contribution in [1.29, 1.82) is 0 Å². The molecule has 1 aromatic rings. The van der Waals surface area contributed by atoms with Crippen LogP contribution in [-0.4, -0.2) is 82.0 Å². The van der Waals surface area contributed by atoms with Gasteiger partial charge in [0.05, 0.1) is 6.04 Å². The van der Waals surface area contributed by atoms with E-state index in [0.717, 1.165) is 62.4 Å². The summed E-state index contributed by atoms with van der Waals surface area (Å²) in [4.78, 5) is 28.7. The Balaban J connectivity index is 1.32. The molecule has 0 saturated carbocycles. The molecule has 0 bridgehead atoms. The van der Waals surface area contributed by atoms with Crippen LogP contribution in [0, 0.1) is 0 Å². The fourth-order valence-corrected chi connectivity index (χ4v) is 4.90. The number of rotatable bonds is 7. The summed E-state index contributed by atoms with van der Waals surface area (Å²) in [7, 11) is 0. The van der Waals surface area contributed by atoms with E-state index in [4.69, 9.17) is 5.11 Å². The number of piperazine rings is 1. The molecule has 170 valence electrons. The highest BCUT2D eigenvalue weighted by molar-refractivity contribution is 5.77. The largest absolute Gasteiger partial charge is 0.481 e. The van der Waals surface area contributed by atoms with Crippen molar-refractivity contribution in [3.8, 4) is 0 Å². The van der Waals surface area contributed by atoms with Gasteiger partial charge in [-0.25, -0.2) is 0 Å². The lowest BCUT2D eigenvalue weighted by Gasteiger charge is -2.36. The minimum Gasteiger partial charge on any atom is -0.481 e. The van der Waals surface area contributed by atoms with Crippen LogP contribution < -0.4 is 10.2 Å². The Morgan fingerprint density at radius 3 is 2.61 bits per heavy atom. The Labute approximate surface area is 182 Å². The average Bonchev–Trinajstić information content (AvgIpc) is 3.07. The second-order valence-corrected chi connectivity index (χ2v) is 8.73. The summed E-state index contributed by atoms with van der Waals surface area (Å²) in [5, 5.41) is 32.4. The second kappa shape index (κ2) is 9.52. The average molecular weight is 433 g/mol. The van der Waals surface area contributed by atoms with Gasteiger partial charge in [-0.2, -0.15) is 0 Å². The fraction of sp³-hybridized carbons (Fsp3) is 0.636. The van der Waals surface area contributed by atoms with Crippen LogP contribution in [0.3, 0.4) is 0 Å². The van der Waals surface area contributed by atoms with E-state index in [1.54, 1.807) is 0 Å². The highest BCUT2D eigenvalue weighted by atomic mass is 16.4. The Hall–Kier alpha value is -2.20. The summed E-state index contributed by atoms with van der Waals surface area (Å²) in [5.41, 5.74) is 3.06. The summed E-state index contributed by atoms with van der Waals surface area (Å²) < 4.78 is 0. The predicted molar refractivity (Wildman–Crippen MR) is 114 cm³/mol. The van der Waals surface area contributed by atoms with E-state index in [1.807, 2.05) is 17.0 Å². The van der Waals surface area contributed by atoms with Crippen LogP contribution in [0.2, 0.25) is 0 Å². The van der Waals surface area contributed by atoms with Gasteiger partial charge in [0.1, 0.15) is 12.5 Å². The van der Waals surface area contributed by atoms with Gasteiger partial charge in [-0.3, -0.25) is 19.4 Å². The highest BCUT2D eigenvalue weighted by Gasteiger charge is 2.39. The van der Waals surface area contributed by atoms with Crippen LogP contribution in [0.4, 0.5) is 5.69 Å². The molecular weight excluding hydrogens is 400 g/mol. The Kier molecular flexibility index (Phi) is 6.76. The zero-order valence-corrected chi connectivity index (χ0v) is 17.7. The first-order valence-corrected chi connectivity index (χ1v) is 11.2. The van der Waals surface area contributed by atoms with Crippen LogP contribution in [0.1, 0.15) is 49.5 Å². The molecule has 4 rings (SSSR count). The number of benzene rings is 1. The maximum Gasteiger partial charge on any atom is 0.303 e. The topological polar surface area (TPSA) is 117 Å². The molecule has 9 nitrogen and oxygen atoms in total. The third-order valence-electron chi connectivity index (χ3n) is 6.69. The number of aliphatic hydroxyl groups is 2. The molecule has 2 fully saturated rings. The van der Waals surface area contributed by atoms with Crippen molar-refractivity contribution in [1.82, 2.24) is 15.1 Å². The number of carboxylic acids is 1. The molecule has 2 unspecified atom stereocenters. The van der Waals surface area contributed by atoms with Crippen molar-refractivity contribution in [2.24, 2.45) is 0 Å². The van der Waals surface area contributed by atoms with Crippen molar-refractivity contribution in [2.45, 2.75) is 57.1 Å². The van der Waals surface area contributed by atoms with Gasteiger partial charge in [0.25, 0.3) is 0 Å². The van der Waals surface area contributed by atoms with Crippen molar-refractivity contribution in [3.63, 3.8) is 0 Å². The minimum absolute atomic E-state index is 0.154. The van der Waals surface area contributed by atoms with Gasteiger partial charge >= 0.3 is 5.97 Å². The van der Waals surface area contributed by atoms with E-state index in [2.05, 4.69) is 21.2 Å². The van der Waals surface area contributed by atoms with E-state index in [-0.39, 0.29) is 18.4 Å². The van der Waals surface area contributed by atoms with Crippen molar-refractivity contribution in [2.75, 3.05) is 37.6 Å². The molecule has 3 heterocycles. The molecule has 3 atom stereocenters. The summed E-state index contributed by atoms with van der Waals surface area (Å²) in [5.74, 6) is -0.883. The quantitative estimate of drug-likeness (QED) is 0.460. The highest BCUT2D eigenvalue weighted by Crippen LogP contribution is 2.37. The van der Waals surface area contributed by atoms with Crippen molar-refractivity contribution < 1.29 is 24.9 Å². The first-order chi connectivity index (χ1) is 14.9. The zero-order valence-electron chi connectivity index (χ0n) is 17.7. The number of piperidine rings is 1. The van der Waals surface area contributed by atoms with Gasteiger partial charge in [0, 0.05) is 51.3 Å². The molecule has 1 amide bonds. The summed E-state index contributed by atoms with van der Waals surface area (Å²) in [6.07, 6.45) is 1.01. The smallest absolute Gasteiger partial charge is 0.303 e. The third kappa shape index (κ3) is 5.01. The first-order valence-electron chi connectivity index (χ1n) is 11.2. The number of carbonyl (C=O) groups excluding carboxylic acids is 1. The molecule has 4 N–H and O–H groups in total. The summed E-state index contributed by atoms with van der Waals surface area (Å²) in [6, 6.07) is 5.86. The number of unbranched alkanes of at least 4 members (excludes halogenated alkanes) is 1. The maximum atomic E-state index is 11.5. The number of fused-ring (bicyclic) bond motifs is 1. The number of anilines is 1. The SMILES string of the molecule is O=C(O)CCCCN1CCN(c2ccc3c(c2)CN([C@H]2CCC(=O)NC2O)C3O)CC1. The molecule has 2 saturated heterocycles. The summed E-state index contributed by atoms with van der Waals surface area (Å²) >= 11 is 0. The summed E-state index contributed by atoms with van der Waals surface area (Å²) in [6.45, 7) is 5.21. The fourth-order valence-electron chi connectivity index (χ4n) is 4.90. The Morgan fingerprint density at radius 2 is 1.90 bits per heavy atom. The first kappa shape index (κ1) is 22.0. The van der Waals surface area contributed by atoms with Gasteiger partial charge in [-0.15, -0.1) is 0 Å². The molecule has 31 heavy (non-hydrogen) atoms. The van der Waals surface area contributed by atoms with Crippen molar-refractivity contribution >= 4 is 17.6 Å². The molecular formula is C22H32N4O5. The number of carbonyl (C=O) groups is 2. The number of nitrogens with one attached hydrogen (secondary N) is 1. The minimum atomic E-state index is -0.965. The normalized spacial score (nSPS) is 27.2. The third-order valence-corrected chi connectivity index (χ3v) is 6.69. The van der Waals surface area contributed by atoms with Gasteiger partial charge in [-0.1, -0.05) is 6.07 Å². The van der Waals surface area contributed by atoms with Gasteiger partial charge in [-0.05, 0) is 49.1 Å². The number of carboxylic acid groups (broad SMARTS) is 1. The Bertz CT molecular complexity index is 811. The van der Waals surface area contributed by atoms with Crippen LogP contribution in [0.25, 0.3) is 0 Å². The molecule has 0 radical (unpaired) electrons.